The van der Waals surface area contributed by atoms with Crippen LogP contribution < -0.4 is 10.5 Å². The van der Waals surface area contributed by atoms with E-state index in [1.165, 1.54) is 12.1 Å². The first-order chi connectivity index (χ1) is 9.54. The minimum atomic E-state index is -3.89. The van der Waals surface area contributed by atoms with Gasteiger partial charge in [0.15, 0.2) is 5.84 Å². The Hall–Kier alpha value is -1.33. The summed E-state index contributed by atoms with van der Waals surface area (Å²) >= 11 is 3.17. The molecule has 0 fully saturated rings. The van der Waals surface area contributed by atoms with Crippen LogP contribution >= 0.6 is 15.9 Å². The molecule has 0 heterocycles. The van der Waals surface area contributed by atoms with Crippen molar-refractivity contribution in [3.63, 3.8) is 0 Å². The summed E-state index contributed by atoms with van der Waals surface area (Å²) < 4.78 is 48.6. The third-order valence-corrected chi connectivity index (χ3v) is 5.32. The molecule has 21 heavy (non-hydrogen) atoms. The Kier molecular flexibility index (Phi) is 5.59. The zero-order chi connectivity index (χ0) is 16.3. The Bertz CT molecular complexity index is 759. The number of oxime groups is 1. The molecule has 0 aliphatic heterocycles. The number of benzene rings is 1. The third kappa shape index (κ3) is 5.89. The molecular formula is C10H14BrN3O5S2. The van der Waals surface area contributed by atoms with Crippen LogP contribution in [0.25, 0.3) is 0 Å². The maximum atomic E-state index is 11.9. The number of hydrogen-bond acceptors (Lipinski definition) is 6. The molecule has 8 nitrogen and oxygen atoms in total. The molecule has 118 valence electrons. The van der Waals surface area contributed by atoms with E-state index in [9.17, 15) is 16.8 Å². The quantitative estimate of drug-likeness (QED) is 0.272. The van der Waals surface area contributed by atoms with Gasteiger partial charge in [-0.2, -0.15) is 0 Å². The van der Waals surface area contributed by atoms with Crippen LogP contribution in [0.1, 0.15) is 5.56 Å². The number of rotatable bonds is 6. The van der Waals surface area contributed by atoms with Crippen molar-refractivity contribution in [3.8, 4) is 0 Å². The summed E-state index contributed by atoms with van der Waals surface area (Å²) in [5.41, 5.74) is 5.71. The molecular weight excluding hydrogens is 386 g/mol. The number of amidine groups is 1. The van der Waals surface area contributed by atoms with Gasteiger partial charge in [-0.1, -0.05) is 21.1 Å². The summed E-state index contributed by atoms with van der Waals surface area (Å²) in [5, 5.41) is 11.5. The Balaban J connectivity index is 3.09. The van der Waals surface area contributed by atoms with Crippen LogP contribution in [-0.2, 0) is 19.9 Å². The van der Waals surface area contributed by atoms with E-state index in [4.69, 9.17) is 10.9 Å². The highest BCUT2D eigenvalue weighted by Gasteiger charge is 2.17. The molecule has 0 aromatic heterocycles. The number of sulfonamides is 1. The SMILES string of the molecule is CS(=O)(=O)CCS(=O)(=O)Nc1cc(Br)ccc1/C(N)=N/O. The van der Waals surface area contributed by atoms with Gasteiger partial charge in [-0.05, 0) is 18.2 Å². The number of hydrogen-bond donors (Lipinski definition) is 3. The van der Waals surface area contributed by atoms with Gasteiger partial charge >= 0.3 is 0 Å². The maximum Gasteiger partial charge on any atom is 0.233 e. The molecule has 0 spiro atoms. The Labute approximate surface area is 131 Å². The van der Waals surface area contributed by atoms with Crippen LogP contribution in [0.5, 0.6) is 0 Å². The minimum absolute atomic E-state index is 0.0770. The van der Waals surface area contributed by atoms with Gasteiger partial charge in [-0.15, -0.1) is 0 Å². The van der Waals surface area contributed by atoms with E-state index < -0.39 is 31.4 Å². The average Bonchev–Trinajstić information content (AvgIpc) is 2.35. The van der Waals surface area contributed by atoms with Gasteiger partial charge in [0.2, 0.25) is 10.0 Å². The van der Waals surface area contributed by atoms with Crippen molar-refractivity contribution in [1.82, 2.24) is 0 Å². The lowest BCUT2D eigenvalue weighted by atomic mass is 10.2. The fraction of sp³-hybridized carbons (Fsp3) is 0.300. The second kappa shape index (κ2) is 6.62. The first-order valence-electron chi connectivity index (χ1n) is 5.50. The Morgan fingerprint density at radius 1 is 1.33 bits per heavy atom. The lowest BCUT2D eigenvalue weighted by molar-refractivity contribution is 0.318. The molecule has 0 aliphatic carbocycles. The van der Waals surface area contributed by atoms with Crippen LogP contribution in [0.4, 0.5) is 5.69 Å². The second-order valence-electron chi connectivity index (χ2n) is 4.23. The van der Waals surface area contributed by atoms with Gasteiger partial charge in [-0.3, -0.25) is 4.72 Å². The van der Waals surface area contributed by atoms with Gasteiger partial charge in [0.25, 0.3) is 0 Å². The van der Waals surface area contributed by atoms with E-state index in [-0.39, 0.29) is 17.1 Å². The van der Waals surface area contributed by atoms with Gasteiger partial charge in [-0.25, -0.2) is 16.8 Å². The zero-order valence-corrected chi connectivity index (χ0v) is 14.2. The lowest BCUT2D eigenvalue weighted by Crippen LogP contribution is -2.24. The Morgan fingerprint density at radius 2 is 1.95 bits per heavy atom. The van der Waals surface area contributed by atoms with E-state index in [2.05, 4.69) is 25.8 Å². The van der Waals surface area contributed by atoms with E-state index in [0.29, 0.717) is 4.47 Å². The number of nitrogens with two attached hydrogens (primary N) is 1. The van der Waals surface area contributed by atoms with Crippen LogP contribution in [0.2, 0.25) is 0 Å². The standard InChI is InChI=1S/C10H14BrN3O5S2/c1-20(16,17)4-5-21(18,19)14-9-6-7(11)2-3-8(9)10(12)13-15/h2-3,6,14-15H,4-5H2,1H3,(H2,12,13). The molecule has 0 unspecified atom stereocenters. The number of nitrogens with zero attached hydrogens (tertiary/aromatic N) is 1. The average molecular weight is 400 g/mol. The lowest BCUT2D eigenvalue weighted by Gasteiger charge is -2.12. The molecule has 4 N–H and O–H groups in total. The molecule has 1 rings (SSSR count). The molecule has 0 saturated heterocycles. The molecule has 0 saturated carbocycles. The predicted octanol–water partition coefficient (Wildman–Crippen LogP) is 0.330. The number of nitrogens with one attached hydrogen (secondary N) is 1. The highest BCUT2D eigenvalue weighted by molar-refractivity contribution is 9.10. The molecule has 1 aromatic carbocycles. The van der Waals surface area contributed by atoms with Crippen molar-refractivity contribution < 1.29 is 22.0 Å². The van der Waals surface area contributed by atoms with Gasteiger partial charge in [0.05, 0.1) is 17.2 Å². The number of anilines is 1. The van der Waals surface area contributed by atoms with Gasteiger partial charge in [0.1, 0.15) is 9.84 Å². The highest BCUT2D eigenvalue weighted by Crippen LogP contribution is 2.22. The summed E-state index contributed by atoms with van der Waals surface area (Å²) in [5.74, 6) is -1.37. The maximum absolute atomic E-state index is 11.9. The molecule has 0 radical (unpaired) electrons. The minimum Gasteiger partial charge on any atom is -0.409 e. The van der Waals surface area contributed by atoms with E-state index in [1.54, 1.807) is 6.07 Å². The number of halogens is 1. The monoisotopic (exact) mass is 399 g/mol. The third-order valence-electron chi connectivity index (χ3n) is 2.35. The zero-order valence-electron chi connectivity index (χ0n) is 10.9. The van der Waals surface area contributed by atoms with Crippen molar-refractivity contribution in [2.45, 2.75) is 0 Å². The summed E-state index contributed by atoms with van der Waals surface area (Å²) in [4.78, 5) is 0. The topological polar surface area (TPSA) is 139 Å². The van der Waals surface area contributed by atoms with Crippen molar-refractivity contribution >= 4 is 47.3 Å². The van der Waals surface area contributed by atoms with Crippen molar-refractivity contribution in [1.29, 1.82) is 0 Å². The van der Waals surface area contributed by atoms with Gasteiger partial charge < -0.3 is 10.9 Å². The fourth-order valence-corrected chi connectivity index (χ4v) is 4.41. The Morgan fingerprint density at radius 3 is 2.48 bits per heavy atom. The molecule has 1 aromatic rings. The van der Waals surface area contributed by atoms with Crippen LogP contribution in [0.15, 0.2) is 27.8 Å². The van der Waals surface area contributed by atoms with Crippen LogP contribution in [0.3, 0.4) is 0 Å². The van der Waals surface area contributed by atoms with Crippen LogP contribution in [-0.4, -0.2) is 45.6 Å². The normalized spacial score (nSPS) is 13.1. The fourth-order valence-electron chi connectivity index (χ4n) is 1.36. The first-order valence-corrected chi connectivity index (χ1v) is 10.0. The van der Waals surface area contributed by atoms with Crippen LogP contribution in [0, 0.1) is 0 Å². The smallest absolute Gasteiger partial charge is 0.233 e. The van der Waals surface area contributed by atoms with Gasteiger partial charge in [0, 0.05) is 16.3 Å². The summed E-state index contributed by atoms with van der Waals surface area (Å²) in [6.45, 7) is 0. The molecule has 11 heteroatoms. The molecule has 0 amide bonds. The molecule has 0 bridgehead atoms. The van der Waals surface area contributed by atoms with Crippen molar-refractivity contribution in [2.24, 2.45) is 10.9 Å². The van der Waals surface area contributed by atoms with E-state index >= 15 is 0 Å². The molecule has 0 atom stereocenters. The van der Waals surface area contributed by atoms with E-state index in [1.807, 2.05) is 0 Å². The summed E-state index contributed by atoms with van der Waals surface area (Å²) in [7, 11) is -7.30. The second-order valence-corrected chi connectivity index (χ2v) is 9.24. The summed E-state index contributed by atoms with van der Waals surface area (Å²) in [6, 6.07) is 4.46. The highest BCUT2D eigenvalue weighted by atomic mass is 79.9. The van der Waals surface area contributed by atoms with Crippen molar-refractivity contribution in [3.05, 3.63) is 28.2 Å². The van der Waals surface area contributed by atoms with E-state index in [0.717, 1.165) is 6.26 Å². The summed E-state index contributed by atoms with van der Waals surface area (Å²) in [6.07, 6.45) is 0.948. The largest absolute Gasteiger partial charge is 0.409 e. The predicted molar refractivity (Wildman–Crippen MR) is 83.8 cm³/mol. The van der Waals surface area contributed by atoms with Crippen molar-refractivity contribution in [2.75, 3.05) is 22.5 Å². The first kappa shape index (κ1) is 17.7. The number of sulfone groups is 1. The molecule has 0 aliphatic rings.